The van der Waals surface area contributed by atoms with E-state index in [9.17, 15) is 4.79 Å². The molecule has 0 atom stereocenters. The number of nitrogens with zero attached hydrogens (tertiary/aromatic N) is 1. The van der Waals surface area contributed by atoms with Gasteiger partial charge in [0.05, 0.1) is 11.9 Å². The van der Waals surface area contributed by atoms with Gasteiger partial charge in [-0.2, -0.15) is 5.10 Å². The topological polar surface area (TPSA) is 83.8 Å². The summed E-state index contributed by atoms with van der Waals surface area (Å²) in [7, 11) is 0. The zero-order valence-electron chi connectivity index (χ0n) is 11.3. The Bertz CT molecular complexity index is 595. The lowest BCUT2D eigenvalue weighted by Gasteiger charge is -2.22. The molecule has 2 rings (SSSR count). The van der Waals surface area contributed by atoms with Gasteiger partial charge in [0.1, 0.15) is 0 Å². The highest BCUT2D eigenvalue weighted by atomic mass is 16.1. The molecular formula is C14H18N4O. The third-order valence-electron chi connectivity index (χ3n) is 2.89. The lowest BCUT2D eigenvalue weighted by Crippen LogP contribution is -2.21. The second kappa shape index (κ2) is 4.76. The summed E-state index contributed by atoms with van der Waals surface area (Å²) in [6.07, 6.45) is 1.46. The van der Waals surface area contributed by atoms with Gasteiger partial charge in [-0.1, -0.05) is 39.0 Å². The van der Waals surface area contributed by atoms with E-state index >= 15 is 0 Å². The van der Waals surface area contributed by atoms with Crippen molar-refractivity contribution in [3.8, 4) is 0 Å². The number of benzene rings is 1. The van der Waals surface area contributed by atoms with Gasteiger partial charge < -0.3 is 11.1 Å². The minimum absolute atomic E-state index is 0.104. The van der Waals surface area contributed by atoms with Crippen LogP contribution in [0.5, 0.6) is 0 Å². The minimum Gasteiger partial charge on any atom is -0.394 e. The second-order valence-electron chi connectivity index (χ2n) is 5.45. The highest BCUT2D eigenvalue weighted by molar-refractivity contribution is 6.06. The molecule has 0 bridgehead atoms. The van der Waals surface area contributed by atoms with Crippen LogP contribution in [-0.2, 0) is 5.41 Å². The number of aromatic nitrogens is 2. The van der Waals surface area contributed by atoms with Crippen molar-refractivity contribution >= 4 is 17.4 Å². The van der Waals surface area contributed by atoms with Crippen molar-refractivity contribution in [3.63, 3.8) is 0 Å². The molecular weight excluding hydrogens is 240 g/mol. The molecule has 0 spiro atoms. The van der Waals surface area contributed by atoms with Crippen molar-refractivity contribution in [1.82, 2.24) is 10.2 Å². The average molecular weight is 258 g/mol. The fourth-order valence-corrected chi connectivity index (χ4v) is 1.91. The van der Waals surface area contributed by atoms with Crippen LogP contribution < -0.4 is 11.1 Å². The largest absolute Gasteiger partial charge is 0.394 e. The summed E-state index contributed by atoms with van der Waals surface area (Å²) >= 11 is 0. The van der Waals surface area contributed by atoms with Crippen LogP contribution in [0.25, 0.3) is 0 Å². The van der Waals surface area contributed by atoms with Gasteiger partial charge in [0.2, 0.25) is 0 Å². The fourth-order valence-electron chi connectivity index (χ4n) is 1.91. The minimum atomic E-state index is -0.193. The van der Waals surface area contributed by atoms with Gasteiger partial charge in [0.15, 0.2) is 5.82 Å². The summed E-state index contributed by atoms with van der Waals surface area (Å²) in [5.74, 6) is 0.232. The third-order valence-corrected chi connectivity index (χ3v) is 2.89. The molecule has 0 aliphatic heterocycles. The molecule has 0 saturated carbocycles. The molecule has 19 heavy (non-hydrogen) atoms. The third kappa shape index (κ3) is 2.76. The molecule has 4 N–H and O–H groups in total. The molecule has 1 heterocycles. The van der Waals surface area contributed by atoms with E-state index < -0.39 is 0 Å². The van der Waals surface area contributed by atoms with Gasteiger partial charge in [-0.05, 0) is 17.0 Å². The van der Waals surface area contributed by atoms with Crippen LogP contribution in [0.15, 0.2) is 30.5 Å². The Balaban J connectivity index is 2.32. The Morgan fingerprint density at radius 2 is 2.00 bits per heavy atom. The van der Waals surface area contributed by atoms with E-state index in [1.54, 1.807) is 0 Å². The number of carbonyl (C=O) groups is 1. The number of H-pyrrole nitrogens is 1. The number of hydrogen-bond acceptors (Lipinski definition) is 3. The van der Waals surface area contributed by atoms with Gasteiger partial charge in [-0.15, -0.1) is 0 Å². The zero-order valence-corrected chi connectivity index (χ0v) is 11.3. The molecule has 0 aliphatic rings. The summed E-state index contributed by atoms with van der Waals surface area (Å²) in [4.78, 5) is 12.3. The molecule has 5 heteroatoms. The van der Waals surface area contributed by atoms with Gasteiger partial charge in [-0.3, -0.25) is 9.89 Å². The van der Waals surface area contributed by atoms with E-state index in [1.807, 2.05) is 24.3 Å². The SMILES string of the molecule is CC(C)(C)c1ccccc1C(=O)Nc1[nH]ncc1N. The standard InChI is InChI=1S/C14H18N4O/c1-14(2,3)10-7-5-4-6-9(10)13(19)17-12-11(15)8-16-18-12/h4-8H,15H2,1-3H3,(H2,16,17,18,19). The van der Waals surface area contributed by atoms with E-state index in [1.165, 1.54) is 6.20 Å². The van der Waals surface area contributed by atoms with E-state index in [0.29, 0.717) is 17.1 Å². The van der Waals surface area contributed by atoms with Crippen LogP contribution in [0.3, 0.4) is 0 Å². The summed E-state index contributed by atoms with van der Waals surface area (Å²) in [5.41, 5.74) is 7.63. The molecule has 100 valence electrons. The molecule has 0 aliphatic carbocycles. The highest BCUT2D eigenvalue weighted by Crippen LogP contribution is 2.26. The Kier molecular flexibility index (Phi) is 3.29. The first-order valence-electron chi connectivity index (χ1n) is 6.09. The summed E-state index contributed by atoms with van der Waals surface area (Å²) in [6, 6.07) is 7.55. The van der Waals surface area contributed by atoms with Crippen LogP contribution in [0, 0.1) is 0 Å². The number of nitrogens with one attached hydrogen (secondary N) is 2. The Labute approximate surface area is 112 Å². The zero-order chi connectivity index (χ0) is 14.0. The van der Waals surface area contributed by atoms with E-state index in [0.717, 1.165) is 5.56 Å². The normalized spacial score (nSPS) is 11.3. The number of rotatable bonds is 2. The first-order valence-corrected chi connectivity index (χ1v) is 6.09. The summed E-state index contributed by atoms with van der Waals surface area (Å²) in [6.45, 7) is 6.22. The quantitative estimate of drug-likeness (QED) is 0.774. The maximum absolute atomic E-state index is 12.3. The number of hydrogen-bond donors (Lipinski definition) is 3. The number of anilines is 2. The Morgan fingerprint density at radius 3 is 2.58 bits per heavy atom. The van der Waals surface area contributed by atoms with Crippen LogP contribution in [0.1, 0.15) is 36.7 Å². The molecule has 0 radical (unpaired) electrons. The molecule has 2 aromatic rings. The Hall–Kier alpha value is -2.30. The summed E-state index contributed by atoms with van der Waals surface area (Å²) < 4.78 is 0. The number of nitrogen functional groups attached to an aromatic ring is 1. The maximum atomic E-state index is 12.3. The van der Waals surface area contributed by atoms with Crippen LogP contribution >= 0.6 is 0 Å². The number of nitrogens with two attached hydrogens (primary N) is 1. The van der Waals surface area contributed by atoms with Crippen molar-refractivity contribution in [3.05, 3.63) is 41.6 Å². The fraction of sp³-hybridized carbons (Fsp3) is 0.286. The lowest BCUT2D eigenvalue weighted by molar-refractivity contribution is 0.102. The maximum Gasteiger partial charge on any atom is 0.257 e. The van der Waals surface area contributed by atoms with Gasteiger partial charge >= 0.3 is 0 Å². The first kappa shape index (κ1) is 13.1. The highest BCUT2D eigenvalue weighted by Gasteiger charge is 2.21. The number of carbonyl (C=O) groups excluding carboxylic acids is 1. The van der Waals surface area contributed by atoms with Crippen LogP contribution in [-0.4, -0.2) is 16.1 Å². The Morgan fingerprint density at radius 1 is 1.32 bits per heavy atom. The average Bonchev–Trinajstić information content (AvgIpc) is 2.74. The molecule has 0 fully saturated rings. The van der Waals surface area contributed by atoms with Crippen molar-refractivity contribution < 1.29 is 4.79 Å². The summed E-state index contributed by atoms with van der Waals surface area (Å²) in [5, 5.41) is 9.17. The van der Waals surface area contributed by atoms with E-state index in [-0.39, 0.29) is 11.3 Å². The van der Waals surface area contributed by atoms with Crippen molar-refractivity contribution in [2.75, 3.05) is 11.1 Å². The second-order valence-corrected chi connectivity index (χ2v) is 5.45. The van der Waals surface area contributed by atoms with Crippen LogP contribution in [0.2, 0.25) is 0 Å². The first-order chi connectivity index (χ1) is 8.89. The molecule has 0 unspecified atom stereocenters. The van der Waals surface area contributed by atoms with E-state index in [4.69, 9.17) is 5.73 Å². The van der Waals surface area contributed by atoms with Crippen LogP contribution in [0.4, 0.5) is 11.5 Å². The van der Waals surface area contributed by atoms with Crippen molar-refractivity contribution in [1.29, 1.82) is 0 Å². The molecule has 0 saturated heterocycles. The predicted molar refractivity (Wildman–Crippen MR) is 76.1 cm³/mol. The van der Waals surface area contributed by atoms with Gasteiger partial charge in [-0.25, -0.2) is 0 Å². The van der Waals surface area contributed by atoms with E-state index in [2.05, 4.69) is 36.3 Å². The van der Waals surface area contributed by atoms with Crippen molar-refractivity contribution in [2.45, 2.75) is 26.2 Å². The molecule has 1 amide bonds. The molecule has 5 nitrogen and oxygen atoms in total. The smallest absolute Gasteiger partial charge is 0.257 e. The number of aromatic amines is 1. The van der Waals surface area contributed by atoms with Gasteiger partial charge in [0.25, 0.3) is 5.91 Å². The molecule has 1 aromatic heterocycles. The van der Waals surface area contributed by atoms with Crippen molar-refractivity contribution in [2.24, 2.45) is 0 Å². The predicted octanol–water partition coefficient (Wildman–Crippen LogP) is 2.54. The number of amides is 1. The molecule has 1 aromatic carbocycles. The lowest BCUT2D eigenvalue weighted by atomic mass is 9.83. The van der Waals surface area contributed by atoms with Gasteiger partial charge in [0, 0.05) is 5.56 Å². The monoisotopic (exact) mass is 258 g/mol.